The molecule has 0 aliphatic carbocycles. The number of aliphatic imine (C=N–C) groups is 1. The average molecular weight is 545 g/mol. The molecule has 1 aliphatic heterocycles. The Kier molecular flexibility index (Phi) is 10.8. The molecule has 1 saturated heterocycles. The van der Waals surface area contributed by atoms with Gasteiger partial charge >= 0.3 is 0 Å². The van der Waals surface area contributed by atoms with Crippen LogP contribution in [0.3, 0.4) is 0 Å². The second kappa shape index (κ2) is 14.2. The van der Waals surface area contributed by atoms with Crippen molar-refractivity contribution in [1.82, 2.24) is 24.8 Å². The first kappa shape index (κ1) is 28.8. The van der Waals surface area contributed by atoms with Gasteiger partial charge in [0.25, 0.3) is 5.56 Å². The second-order valence-corrected chi connectivity index (χ2v) is 10.2. The van der Waals surface area contributed by atoms with E-state index in [0.717, 1.165) is 38.8 Å². The lowest BCUT2D eigenvalue weighted by molar-refractivity contribution is -0.122. The molecular weight excluding hydrogens is 508 g/mol. The Hall–Kier alpha value is -3.81. The summed E-state index contributed by atoms with van der Waals surface area (Å²) in [4.78, 5) is 52.8. The third-order valence-corrected chi connectivity index (χ3v) is 7.31. The zero-order valence-corrected chi connectivity index (χ0v) is 22.2. The number of aromatic nitrogens is 3. The third-order valence-electron chi connectivity index (χ3n) is 6.52. The molecule has 1 atom stereocenters. The number of Topliss-reactive ketones (excluding diaryl/α,β-unsaturated/α-hetero) is 1. The van der Waals surface area contributed by atoms with Crippen molar-refractivity contribution in [1.29, 1.82) is 5.41 Å². The van der Waals surface area contributed by atoms with Crippen LogP contribution in [0.1, 0.15) is 54.0 Å². The van der Waals surface area contributed by atoms with Gasteiger partial charge in [-0.1, -0.05) is 0 Å². The van der Waals surface area contributed by atoms with Gasteiger partial charge in [-0.3, -0.25) is 29.8 Å². The minimum Gasteiger partial charge on any atom is -0.370 e. The number of hydrogen-bond donors (Lipinski definition) is 5. The lowest BCUT2D eigenvalue weighted by atomic mass is 9.91. The molecule has 38 heavy (non-hydrogen) atoms. The van der Waals surface area contributed by atoms with Crippen LogP contribution in [0.25, 0.3) is 0 Å². The number of guanidine groups is 2. The number of ketones is 1. The molecule has 2 aromatic rings. The van der Waals surface area contributed by atoms with Crippen molar-refractivity contribution in [2.75, 3.05) is 19.6 Å². The largest absolute Gasteiger partial charge is 0.370 e. The van der Waals surface area contributed by atoms with Gasteiger partial charge in [-0.15, -0.1) is 11.3 Å². The molecule has 0 aromatic carbocycles. The topological polar surface area (TPSA) is 211 Å². The highest BCUT2D eigenvalue weighted by atomic mass is 32.1. The molecular formula is C24H36N10O3S. The number of piperidine rings is 1. The van der Waals surface area contributed by atoms with Gasteiger partial charge in [0.1, 0.15) is 12.2 Å². The SMILES string of the molecule is N=C(N)N1CCC(CCCc2nccn(CC(=O)N[C@@H](CCCN=C(N)N)C(=O)c3nccs3)c2=O)CC1. The Morgan fingerprint density at radius 2 is 1.95 bits per heavy atom. The van der Waals surface area contributed by atoms with Gasteiger partial charge in [0, 0.05) is 43.6 Å². The van der Waals surface area contributed by atoms with Crippen LogP contribution in [0.4, 0.5) is 0 Å². The maximum atomic E-state index is 12.9. The molecule has 206 valence electrons. The maximum Gasteiger partial charge on any atom is 0.272 e. The molecule has 14 heteroatoms. The minimum absolute atomic E-state index is 0.0388. The molecule has 3 heterocycles. The molecule has 13 nitrogen and oxygen atoms in total. The second-order valence-electron chi connectivity index (χ2n) is 9.29. The summed E-state index contributed by atoms with van der Waals surface area (Å²) >= 11 is 1.20. The number of carbonyl (C=O) groups is 2. The van der Waals surface area contributed by atoms with E-state index >= 15 is 0 Å². The van der Waals surface area contributed by atoms with E-state index in [-0.39, 0.29) is 29.8 Å². The van der Waals surface area contributed by atoms with Crippen LogP contribution in [0, 0.1) is 11.3 Å². The number of amides is 1. The molecule has 2 aromatic heterocycles. The predicted octanol–water partition coefficient (Wildman–Crippen LogP) is 0.0493. The van der Waals surface area contributed by atoms with Gasteiger partial charge in [-0.2, -0.15) is 0 Å². The molecule has 1 amide bonds. The first-order valence-electron chi connectivity index (χ1n) is 12.7. The Morgan fingerprint density at radius 1 is 1.18 bits per heavy atom. The fourth-order valence-corrected chi connectivity index (χ4v) is 5.10. The summed E-state index contributed by atoms with van der Waals surface area (Å²) < 4.78 is 1.31. The number of nitrogens with two attached hydrogens (primary N) is 3. The van der Waals surface area contributed by atoms with E-state index in [1.165, 1.54) is 34.5 Å². The van der Waals surface area contributed by atoms with Gasteiger partial charge in [0.2, 0.25) is 11.7 Å². The molecule has 1 fully saturated rings. The summed E-state index contributed by atoms with van der Waals surface area (Å²) in [5.74, 6) is -0.149. The van der Waals surface area contributed by atoms with Crippen LogP contribution in [-0.2, 0) is 17.8 Å². The summed E-state index contributed by atoms with van der Waals surface area (Å²) in [7, 11) is 0. The monoisotopic (exact) mass is 544 g/mol. The minimum atomic E-state index is -0.811. The van der Waals surface area contributed by atoms with Crippen LogP contribution in [-0.4, -0.2) is 68.7 Å². The Labute approximate surface area is 225 Å². The van der Waals surface area contributed by atoms with Crippen molar-refractivity contribution in [3.63, 3.8) is 0 Å². The van der Waals surface area contributed by atoms with Crippen molar-refractivity contribution in [3.05, 3.63) is 45.0 Å². The zero-order valence-electron chi connectivity index (χ0n) is 21.3. The van der Waals surface area contributed by atoms with Crippen LogP contribution in [0.2, 0.25) is 0 Å². The molecule has 8 N–H and O–H groups in total. The lowest BCUT2D eigenvalue weighted by Gasteiger charge is -2.32. The lowest BCUT2D eigenvalue weighted by Crippen LogP contribution is -2.43. The number of carbonyl (C=O) groups excluding carboxylic acids is 2. The summed E-state index contributed by atoms with van der Waals surface area (Å²) in [5, 5.41) is 12.3. The fourth-order valence-electron chi connectivity index (χ4n) is 4.47. The zero-order chi connectivity index (χ0) is 27.5. The highest BCUT2D eigenvalue weighted by Gasteiger charge is 2.24. The van der Waals surface area contributed by atoms with E-state index < -0.39 is 11.9 Å². The van der Waals surface area contributed by atoms with Crippen molar-refractivity contribution in [2.24, 2.45) is 28.1 Å². The van der Waals surface area contributed by atoms with E-state index in [4.69, 9.17) is 22.6 Å². The number of thiazole rings is 1. The van der Waals surface area contributed by atoms with Gasteiger partial charge in [-0.25, -0.2) is 4.98 Å². The van der Waals surface area contributed by atoms with Gasteiger partial charge in [0.15, 0.2) is 16.9 Å². The number of nitrogens with zero attached hydrogens (tertiary/aromatic N) is 5. The molecule has 0 radical (unpaired) electrons. The van der Waals surface area contributed by atoms with Crippen molar-refractivity contribution in [3.8, 4) is 0 Å². The van der Waals surface area contributed by atoms with Crippen LogP contribution in [0.15, 0.2) is 33.8 Å². The van der Waals surface area contributed by atoms with Crippen molar-refractivity contribution in [2.45, 2.75) is 57.5 Å². The summed E-state index contributed by atoms with van der Waals surface area (Å²) in [6.45, 7) is 1.66. The molecule has 3 rings (SSSR count). The van der Waals surface area contributed by atoms with E-state index in [2.05, 4.69) is 20.3 Å². The molecule has 0 unspecified atom stereocenters. The normalized spacial score (nSPS) is 14.6. The number of hydrogen-bond acceptors (Lipinski definition) is 8. The maximum absolute atomic E-state index is 12.9. The van der Waals surface area contributed by atoms with E-state index in [0.29, 0.717) is 42.4 Å². The van der Waals surface area contributed by atoms with Crippen LogP contribution >= 0.6 is 11.3 Å². The standard InChI is InChI=1S/C24H36N10O3S/c25-23(26)31-8-2-5-17(20(36)21-30-10-14-38-21)32-19(35)15-34-13-9-29-18(22(34)37)4-1-3-16-6-11-33(12-7-16)24(27)28/h9-10,13-14,16-17H,1-8,11-12,15H2,(H3,27,28)(H,32,35)(H4,25,26,31)/t17-/m0/s1. The Morgan fingerprint density at radius 3 is 2.61 bits per heavy atom. The predicted molar refractivity (Wildman–Crippen MR) is 146 cm³/mol. The number of likely N-dealkylation sites (tertiary alicyclic amines) is 1. The van der Waals surface area contributed by atoms with Gasteiger partial charge in [0.05, 0.1) is 6.04 Å². The number of aryl methyl sites for hydroxylation is 1. The molecule has 0 spiro atoms. The Bertz CT molecular complexity index is 1170. The van der Waals surface area contributed by atoms with Crippen molar-refractivity contribution < 1.29 is 9.59 Å². The summed E-state index contributed by atoms with van der Waals surface area (Å²) in [6.07, 6.45) is 9.55. The molecule has 0 bridgehead atoms. The van der Waals surface area contributed by atoms with Crippen molar-refractivity contribution >= 4 is 34.9 Å². The van der Waals surface area contributed by atoms with Gasteiger partial charge in [-0.05, 0) is 50.9 Å². The third kappa shape index (κ3) is 8.64. The quantitative estimate of drug-likeness (QED) is 0.0996. The van der Waals surface area contributed by atoms with E-state index in [1.54, 1.807) is 5.38 Å². The number of rotatable bonds is 13. The van der Waals surface area contributed by atoms with E-state index in [9.17, 15) is 14.4 Å². The molecule has 1 aliphatic rings. The highest BCUT2D eigenvalue weighted by Crippen LogP contribution is 2.22. The summed E-state index contributed by atoms with van der Waals surface area (Å²) in [5.41, 5.74) is 16.4. The smallest absolute Gasteiger partial charge is 0.272 e. The number of nitrogens with one attached hydrogen (secondary N) is 2. The first-order valence-corrected chi connectivity index (χ1v) is 13.5. The summed E-state index contributed by atoms with van der Waals surface area (Å²) in [6, 6.07) is -0.811. The first-order chi connectivity index (χ1) is 18.2. The van der Waals surface area contributed by atoms with Gasteiger partial charge < -0.3 is 32.0 Å². The highest BCUT2D eigenvalue weighted by molar-refractivity contribution is 7.11. The van der Waals surface area contributed by atoms with Crippen LogP contribution < -0.4 is 28.1 Å². The van der Waals surface area contributed by atoms with Crippen LogP contribution in [0.5, 0.6) is 0 Å². The van der Waals surface area contributed by atoms with E-state index in [1.807, 2.05) is 4.90 Å². The molecule has 0 saturated carbocycles. The average Bonchev–Trinajstić information content (AvgIpc) is 3.43. The fraction of sp³-hybridized carbons (Fsp3) is 0.542. The Balaban J connectivity index is 1.55.